The van der Waals surface area contributed by atoms with Crippen LogP contribution in [-0.2, 0) is 27.3 Å². The fourth-order valence-corrected chi connectivity index (χ4v) is 3.64. The molecule has 0 unspecified atom stereocenters. The Morgan fingerprint density at radius 1 is 0.886 bits per heavy atom. The maximum absolute atomic E-state index is 12.7. The van der Waals surface area contributed by atoms with E-state index >= 15 is 0 Å². The minimum atomic E-state index is -0.971. The van der Waals surface area contributed by atoms with Crippen molar-refractivity contribution >= 4 is 12.1 Å². The second-order valence-corrected chi connectivity index (χ2v) is 8.42. The molecule has 1 N–H and O–H groups in total. The molecule has 7 heteroatoms. The van der Waals surface area contributed by atoms with Crippen LogP contribution in [0, 0.1) is 0 Å². The van der Waals surface area contributed by atoms with Crippen molar-refractivity contribution in [2.75, 3.05) is 26.3 Å². The van der Waals surface area contributed by atoms with Crippen molar-refractivity contribution in [3.05, 3.63) is 65.7 Å². The number of amides is 1. The minimum Gasteiger partial charge on any atom is -0.492 e. The van der Waals surface area contributed by atoms with E-state index in [0.29, 0.717) is 38.5 Å². The number of unbranched alkanes of at least 4 members (excludes halogenated alkanes) is 4. The quantitative estimate of drug-likeness (QED) is 0.289. The highest BCUT2D eigenvalue weighted by Gasteiger charge is 2.18. The van der Waals surface area contributed by atoms with Gasteiger partial charge in [-0.2, -0.15) is 0 Å². The predicted molar refractivity (Wildman–Crippen MR) is 136 cm³/mol. The maximum Gasteiger partial charge on any atom is 0.410 e. The minimum absolute atomic E-state index is 0.243. The van der Waals surface area contributed by atoms with Crippen LogP contribution in [0.2, 0.25) is 0 Å². The van der Waals surface area contributed by atoms with Gasteiger partial charge in [-0.05, 0) is 36.6 Å². The molecule has 192 valence electrons. The average molecular weight is 486 g/mol. The van der Waals surface area contributed by atoms with E-state index in [2.05, 4.69) is 6.92 Å². The fraction of sp³-hybridized carbons (Fsp3) is 0.500. The van der Waals surface area contributed by atoms with Gasteiger partial charge in [-0.25, -0.2) is 9.59 Å². The zero-order valence-electron chi connectivity index (χ0n) is 21.0. The van der Waals surface area contributed by atoms with E-state index in [1.54, 1.807) is 11.8 Å². The summed E-state index contributed by atoms with van der Waals surface area (Å²) in [5.41, 5.74) is 1.81. The van der Waals surface area contributed by atoms with Crippen LogP contribution >= 0.6 is 0 Å². The van der Waals surface area contributed by atoms with Gasteiger partial charge in [0.1, 0.15) is 19.0 Å². The monoisotopic (exact) mass is 485 g/mol. The Morgan fingerprint density at radius 2 is 1.60 bits per heavy atom. The lowest BCUT2D eigenvalue weighted by molar-refractivity contribution is -0.149. The maximum atomic E-state index is 12.7. The van der Waals surface area contributed by atoms with Crippen LogP contribution in [-0.4, -0.2) is 54.5 Å². The van der Waals surface area contributed by atoms with E-state index in [9.17, 15) is 14.7 Å². The molecule has 35 heavy (non-hydrogen) atoms. The van der Waals surface area contributed by atoms with Crippen molar-refractivity contribution < 1.29 is 28.9 Å². The van der Waals surface area contributed by atoms with Crippen molar-refractivity contribution in [1.82, 2.24) is 4.90 Å². The molecule has 1 atom stereocenters. The molecule has 0 aliphatic heterocycles. The highest BCUT2D eigenvalue weighted by molar-refractivity contribution is 5.72. The third kappa shape index (κ3) is 11.3. The average Bonchev–Trinajstić information content (AvgIpc) is 2.87. The van der Waals surface area contributed by atoms with Gasteiger partial charge in [-0.3, -0.25) is 0 Å². The Morgan fingerprint density at radius 3 is 2.26 bits per heavy atom. The molecule has 0 heterocycles. The van der Waals surface area contributed by atoms with E-state index in [1.165, 1.54) is 12.8 Å². The highest BCUT2D eigenvalue weighted by atomic mass is 16.6. The number of carbonyl (C=O) groups excluding carboxylic acids is 1. The van der Waals surface area contributed by atoms with Crippen LogP contribution in [0.25, 0.3) is 0 Å². The number of nitrogens with zero attached hydrogens (tertiary/aromatic N) is 1. The third-order valence-electron chi connectivity index (χ3n) is 5.61. The lowest BCUT2D eigenvalue weighted by Gasteiger charge is -2.22. The van der Waals surface area contributed by atoms with Crippen LogP contribution < -0.4 is 4.74 Å². The lowest BCUT2D eigenvalue weighted by atomic mass is 10.1. The number of hydrogen-bond acceptors (Lipinski definition) is 5. The number of ether oxygens (including phenoxy) is 3. The Bertz CT molecular complexity index is 856. The first-order valence-corrected chi connectivity index (χ1v) is 12.5. The third-order valence-corrected chi connectivity index (χ3v) is 5.61. The molecule has 0 saturated carbocycles. The molecule has 0 bridgehead atoms. The predicted octanol–water partition coefficient (Wildman–Crippen LogP) is 5.71. The van der Waals surface area contributed by atoms with Crippen molar-refractivity contribution in [3.8, 4) is 5.75 Å². The molecule has 0 aromatic heterocycles. The first kappa shape index (κ1) is 28.2. The van der Waals surface area contributed by atoms with Gasteiger partial charge >= 0.3 is 12.1 Å². The standard InChI is InChI=1S/C28H39NO6/c1-3-5-6-7-11-18-29(28(32)35-22-24-12-9-8-10-13-24)19-20-34-25-16-14-23(15-17-25)21-26(27(30)31)33-4-2/h8-10,12-17,26H,3-7,11,18-22H2,1-2H3,(H,30,31)/t26-/m1/s1. The SMILES string of the molecule is CCCCCCCN(CCOc1ccc(C[C@@H](OCC)C(=O)O)cc1)C(=O)OCc1ccccc1. The number of carboxylic acid groups (broad SMARTS) is 1. The van der Waals surface area contributed by atoms with Gasteiger partial charge < -0.3 is 24.2 Å². The second kappa shape index (κ2) is 16.5. The van der Waals surface area contributed by atoms with Crippen LogP contribution in [0.15, 0.2) is 54.6 Å². The van der Waals surface area contributed by atoms with E-state index in [0.717, 1.165) is 30.4 Å². The van der Waals surface area contributed by atoms with Gasteiger partial charge in [0.25, 0.3) is 0 Å². The summed E-state index contributed by atoms with van der Waals surface area (Å²) in [6, 6.07) is 16.9. The topological polar surface area (TPSA) is 85.3 Å². The molecule has 1 amide bonds. The number of aliphatic carboxylic acids is 1. The molecule has 0 spiro atoms. The summed E-state index contributed by atoms with van der Waals surface area (Å²) in [5.74, 6) is -0.307. The summed E-state index contributed by atoms with van der Waals surface area (Å²) in [5, 5.41) is 9.25. The lowest BCUT2D eigenvalue weighted by Crippen LogP contribution is -2.36. The van der Waals surface area contributed by atoms with Crippen molar-refractivity contribution in [3.63, 3.8) is 0 Å². The van der Waals surface area contributed by atoms with Crippen molar-refractivity contribution in [2.45, 2.75) is 65.1 Å². The zero-order chi connectivity index (χ0) is 25.3. The van der Waals surface area contributed by atoms with Gasteiger partial charge in [0.2, 0.25) is 0 Å². The largest absolute Gasteiger partial charge is 0.492 e. The van der Waals surface area contributed by atoms with E-state index < -0.39 is 12.1 Å². The molecule has 0 aliphatic rings. The number of rotatable bonds is 17. The molecule has 7 nitrogen and oxygen atoms in total. The molecule has 0 aliphatic carbocycles. The van der Waals surface area contributed by atoms with Crippen LogP contribution in [0.5, 0.6) is 5.75 Å². The summed E-state index contributed by atoms with van der Waals surface area (Å²) in [6.45, 7) is 5.95. The molecule has 2 aromatic rings. The summed E-state index contributed by atoms with van der Waals surface area (Å²) < 4.78 is 16.7. The van der Waals surface area contributed by atoms with Crippen molar-refractivity contribution in [2.24, 2.45) is 0 Å². The number of benzene rings is 2. The Kier molecular flexibility index (Phi) is 13.3. The number of carboxylic acids is 1. The summed E-state index contributed by atoms with van der Waals surface area (Å²) >= 11 is 0. The molecular weight excluding hydrogens is 446 g/mol. The van der Waals surface area contributed by atoms with E-state index in [1.807, 2.05) is 54.6 Å². The summed E-state index contributed by atoms with van der Waals surface area (Å²) in [6.07, 6.45) is 4.66. The van der Waals surface area contributed by atoms with Gasteiger partial charge in [0, 0.05) is 19.6 Å². The fourth-order valence-electron chi connectivity index (χ4n) is 3.64. The normalized spacial score (nSPS) is 11.6. The Labute approximate surface area is 209 Å². The van der Waals surface area contributed by atoms with Gasteiger partial charge in [0.15, 0.2) is 6.10 Å². The van der Waals surface area contributed by atoms with E-state index in [4.69, 9.17) is 14.2 Å². The zero-order valence-corrected chi connectivity index (χ0v) is 21.0. The first-order chi connectivity index (χ1) is 17.0. The van der Waals surface area contributed by atoms with Gasteiger partial charge in [-0.15, -0.1) is 0 Å². The van der Waals surface area contributed by atoms with Gasteiger partial charge in [-0.1, -0.05) is 75.1 Å². The summed E-state index contributed by atoms with van der Waals surface area (Å²) in [4.78, 5) is 25.7. The van der Waals surface area contributed by atoms with Crippen LogP contribution in [0.4, 0.5) is 4.79 Å². The Hall–Kier alpha value is -3.06. The Balaban J connectivity index is 1.85. The van der Waals surface area contributed by atoms with Crippen molar-refractivity contribution in [1.29, 1.82) is 0 Å². The number of hydrogen-bond donors (Lipinski definition) is 1. The molecular formula is C28H39NO6. The number of carbonyl (C=O) groups is 2. The molecule has 0 fully saturated rings. The van der Waals surface area contributed by atoms with E-state index in [-0.39, 0.29) is 12.7 Å². The molecule has 0 saturated heterocycles. The first-order valence-electron chi connectivity index (χ1n) is 12.5. The molecule has 2 rings (SSSR count). The smallest absolute Gasteiger partial charge is 0.410 e. The molecule has 0 radical (unpaired) electrons. The van der Waals surface area contributed by atoms with Gasteiger partial charge in [0.05, 0.1) is 6.54 Å². The highest BCUT2D eigenvalue weighted by Crippen LogP contribution is 2.15. The van der Waals surface area contributed by atoms with Crippen LogP contribution in [0.1, 0.15) is 57.1 Å². The molecule has 2 aromatic carbocycles. The second-order valence-electron chi connectivity index (χ2n) is 8.42. The summed E-state index contributed by atoms with van der Waals surface area (Å²) in [7, 11) is 0. The van der Waals surface area contributed by atoms with Crippen LogP contribution in [0.3, 0.4) is 0 Å².